The Kier molecular flexibility index (Phi) is 13.1. The summed E-state index contributed by atoms with van der Waals surface area (Å²) in [6, 6.07) is 0. The summed E-state index contributed by atoms with van der Waals surface area (Å²) in [4.78, 5) is 19.1. The van der Waals surface area contributed by atoms with Crippen LogP contribution in [0, 0.1) is 0 Å². The van der Waals surface area contributed by atoms with Crippen molar-refractivity contribution in [2.24, 2.45) is 0 Å². The minimum Gasteiger partial charge on any atom is -0.483 e. The van der Waals surface area contributed by atoms with Crippen molar-refractivity contribution in [1.29, 1.82) is 0 Å². The number of aliphatic hydroxyl groups is 1. The Balaban J connectivity index is 0. The summed E-state index contributed by atoms with van der Waals surface area (Å²) in [5, 5.41) is 15.8. The fourth-order valence-electron chi connectivity index (χ4n) is 0.580. The van der Waals surface area contributed by atoms with E-state index in [2.05, 4.69) is 0 Å². The summed E-state index contributed by atoms with van der Waals surface area (Å²) < 4.78 is 4.75. The summed E-state index contributed by atoms with van der Waals surface area (Å²) in [6.07, 6.45) is 1.34. The first-order chi connectivity index (χ1) is 6.63. The van der Waals surface area contributed by atoms with Gasteiger partial charge in [0.05, 0.1) is 6.61 Å². The normalized spacial score (nSPS) is 10.8. The maximum atomic E-state index is 10.8. The molecule has 0 fully saturated rings. The molecule has 14 heavy (non-hydrogen) atoms. The van der Waals surface area contributed by atoms with Gasteiger partial charge in [0.1, 0.15) is 0 Å². The Morgan fingerprint density at radius 2 is 2.00 bits per heavy atom. The average Bonchev–Trinajstić information content (AvgIpc) is 2.18. The van der Waals surface area contributed by atoms with E-state index in [0.717, 1.165) is 12.8 Å². The molecule has 5 nitrogen and oxygen atoms in total. The van der Waals surface area contributed by atoms with Gasteiger partial charge in [-0.25, -0.2) is 4.79 Å². The third kappa shape index (κ3) is 10.9. The molecule has 0 heterocycles. The highest BCUT2D eigenvalue weighted by molar-refractivity contribution is 5.74. The van der Waals surface area contributed by atoms with Gasteiger partial charge in [0.25, 0.3) is 6.47 Å². The number of hydrogen-bond donors (Lipinski definition) is 2. The Morgan fingerprint density at radius 1 is 1.50 bits per heavy atom. The van der Waals surface area contributed by atoms with Gasteiger partial charge in [-0.05, 0) is 12.8 Å². The molecule has 0 aromatic rings. The van der Waals surface area contributed by atoms with Crippen molar-refractivity contribution < 1.29 is 24.5 Å². The van der Waals surface area contributed by atoms with Crippen LogP contribution in [0.1, 0.15) is 33.1 Å². The maximum Gasteiger partial charge on any atom is 0.334 e. The van der Waals surface area contributed by atoms with Gasteiger partial charge in [-0.15, -0.1) is 0 Å². The molecular formula is C9H18O5. The number of ether oxygens (including phenoxy) is 1. The van der Waals surface area contributed by atoms with Crippen molar-refractivity contribution in [3.05, 3.63) is 0 Å². The van der Waals surface area contributed by atoms with Crippen LogP contribution in [0.5, 0.6) is 0 Å². The Hall–Kier alpha value is -1.10. The van der Waals surface area contributed by atoms with E-state index in [1.807, 2.05) is 6.92 Å². The third-order valence-electron chi connectivity index (χ3n) is 1.40. The number of aliphatic hydroxyl groups excluding tert-OH is 1. The number of hydrogen-bond acceptors (Lipinski definition) is 4. The molecule has 0 radical (unpaired) electrons. The van der Waals surface area contributed by atoms with Crippen molar-refractivity contribution in [3.8, 4) is 0 Å². The molecule has 5 heteroatoms. The zero-order valence-electron chi connectivity index (χ0n) is 8.60. The molecule has 0 aliphatic rings. The molecule has 1 unspecified atom stereocenters. The van der Waals surface area contributed by atoms with Crippen LogP contribution in [0.3, 0.4) is 0 Å². The molecule has 0 aliphatic heterocycles. The average molecular weight is 206 g/mol. The van der Waals surface area contributed by atoms with E-state index in [4.69, 9.17) is 19.7 Å². The molecule has 0 aromatic heterocycles. The molecule has 0 saturated heterocycles. The van der Waals surface area contributed by atoms with Gasteiger partial charge in [-0.3, -0.25) is 4.79 Å². The van der Waals surface area contributed by atoms with E-state index in [1.165, 1.54) is 0 Å². The monoisotopic (exact) mass is 206 g/mol. The second kappa shape index (κ2) is 11.9. The van der Waals surface area contributed by atoms with Crippen LogP contribution in [0.15, 0.2) is 0 Å². The second-order valence-corrected chi connectivity index (χ2v) is 2.55. The van der Waals surface area contributed by atoms with Gasteiger partial charge in [-0.1, -0.05) is 20.3 Å². The lowest BCUT2D eigenvalue weighted by atomic mass is 10.3. The minimum absolute atomic E-state index is 0.250. The Morgan fingerprint density at radius 3 is 2.36 bits per heavy atom. The van der Waals surface area contributed by atoms with E-state index in [-0.39, 0.29) is 6.47 Å². The van der Waals surface area contributed by atoms with E-state index in [1.54, 1.807) is 6.92 Å². The van der Waals surface area contributed by atoms with Crippen LogP contribution < -0.4 is 0 Å². The summed E-state index contributed by atoms with van der Waals surface area (Å²) in [5.41, 5.74) is 0. The highest BCUT2D eigenvalue weighted by atomic mass is 16.5. The number of carbonyl (C=O) groups is 2. The number of unbranched alkanes of at least 4 members (excludes halogenated alkanes) is 1. The molecule has 0 rings (SSSR count). The third-order valence-corrected chi connectivity index (χ3v) is 1.40. The first kappa shape index (κ1) is 15.4. The zero-order chi connectivity index (χ0) is 11.4. The van der Waals surface area contributed by atoms with Crippen molar-refractivity contribution in [1.82, 2.24) is 0 Å². The van der Waals surface area contributed by atoms with Crippen LogP contribution in [0.4, 0.5) is 0 Å². The van der Waals surface area contributed by atoms with E-state index >= 15 is 0 Å². The molecular weight excluding hydrogens is 188 g/mol. The molecule has 0 amide bonds. The predicted molar refractivity (Wildman–Crippen MR) is 50.9 cm³/mol. The summed E-state index contributed by atoms with van der Waals surface area (Å²) >= 11 is 0. The first-order valence-corrected chi connectivity index (χ1v) is 4.56. The molecule has 0 bridgehead atoms. The largest absolute Gasteiger partial charge is 0.483 e. The second-order valence-electron chi connectivity index (χ2n) is 2.55. The molecule has 1 atom stereocenters. The van der Waals surface area contributed by atoms with Gasteiger partial charge < -0.3 is 14.9 Å². The maximum absolute atomic E-state index is 10.8. The Bertz CT molecular complexity index is 146. The molecule has 0 saturated carbocycles. The summed E-state index contributed by atoms with van der Waals surface area (Å²) in [7, 11) is 0. The van der Waals surface area contributed by atoms with Crippen molar-refractivity contribution >= 4 is 12.4 Å². The standard InChI is InChI=1S/C8H16O3.CH2O2/c1-3-5-6-11-8(10)7(9)4-2;2-1-3/h7,9H,3-6H2,1-2H3;1H,(H,2,3). The Labute approximate surface area is 83.7 Å². The zero-order valence-corrected chi connectivity index (χ0v) is 8.60. The highest BCUT2D eigenvalue weighted by Gasteiger charge is 2.12. The van der Waals surface area contributed by atoms with Crippen LogP contribution >= 0.6 is 0 Å². The molecule has 0 spiro atoms. The fraction of sp³-hybridized carbons (Fsp3) is 0.778. The molecule has 2 N–H and O–H groups in total. The van der Waals surface area contributed by atoms with Crippen molar-refractivity contribution in [2.45, 2.75) is 39.2 Å². The first-order valence-electron chi connectivity index (χ1n) is 4.56. The fourth-order valence-corrected chi connectivity index (χ4v) is 0.580. The predicted octanol–water partition coefficient (Wildman–Crippen LogP) is 0.801. The van der Waals surface area contributed by atoms with E-state index in [0.29, 0.717) is 13.0 Å². The lowest BCUT2D eigenvalue weighted by Crippen LogP contribution is -2.22. The minimum atomic E-state index is -0.938. The number of carboxylic acid groups (broad SMARTS) is 1. The number of rotatable bonds is 5. The quantitative estimate of drug-likeness (QED) is 0.395. The van der Waals surface area contributed by atoms with Crippen LogP contribution in [0.25, 0.3) is 0 Å². The van der Waals surface area contributed by atoms with Gasteiger partial charge in [0.2, 0.25) is 0 Å². The van der Waals surface area contributed by atoms with Crippen molar-refractivity contribution in [3.63, 3.8) is 0 Å². The number of carbonyl (C=O) groups excluding carboxylic acids is 1. The molecule has 0 aromatic carbocycles. The van der Waals surface area contributed by atoms with E-state index < -0.39 is 12.1 Å². The van der Waals surface area contributed by atoms with Crippen LogP contribution in [-0.4, -0.2) is 35.4 Å². The van der Waals surface area contributed by atoms with Gasteiger partial charge in [0, 0.05) is 0 Å². The molecule has 84 valence electrons. The SMILES string of the molecule is CCCCOC(=O)C(O)CC.O=CO. The van der Waals surface area contributed by atoms with E-state index in [9.17, 15) is 4.79 Å². The smallest absolute Gasteiger partial charge is 0.334 e. The molecule has 0 aliphatic carbocycles. The number of esters is 1. The topological polar surface area (TPSA) is 83.8 Å². The lowest BCUT2D eigenvalue weighted by Gasteiger charge is -2.07. The van der Waals surface area contributed by atoms with Crippen LogP contribution in [0.2, 0.25) is 0 Å². The van der Waals surface area contributed by atoms with Crippen molar-refractivity contribution in [2.75, 3.05) is 6.61 Å². The summed E-state index contributed by atoms with van der Waals surface area (Å²) in [5.74, 6) is -0.499. The van der Waals surface area contributed by atoms with Gasteiger partial charge in [0.15, 0.2) is 6.10 Å². The highest BCUT2D eigenvalue weighted by Crippen LogP contribution is 1.95. The summed E-state index contributed by atoms with van der Waals surface area (Å²) in [6.45, 7) is 3.93. The van der Waals surface area contributed by atoms with Gasteiger partial charge >= 0.3 is 5.97 Å². The lowest BCUT2D eigenvalue weighted by molar-refractivity contribution is -0.153. The van der Waals surface area contributed by atoms with Gasteiger partial charge in [-0.2, -0.15) is 0 Å². The van der Waals surface area contributed by atoms with Crippen LogP contribution in [-0.2, 0) is 14.3 Å².